The van der Waals surface area contributed by atoms with E-state index in [1.807, 2.05) is 13.8 Å². The smallest absolute Gasteiger partial charge is 0.311 e. The van der Waals surface area contributed by atoms with Crippen LogP contribution >= 0.6 is 11.3 Å². The van der Waals surface area contributed by atoms with Crippen LogP contribution in [0, 0.1) is 5.92 Å². The van der Waals surface area contributed by atoms with Gasteiger partial charge in [-0.2, -0.15) is 0 Å². The Morgan fingerprint density at radius 3 is 2.89 bits per heavy atom. The molecule has 0 aliphatic heterocycles. The molecule has 0 saturated heterocycles. The van der Waals surface area contributed by atoms with Gasteiger partial charge in [-0.25, -0.2) is 4.98 Å². The summed E-state index contributed by atoms with van der Waals surface area (Å²) in [5.41, 5.74) is 0.616. The lowest BCUT2D eigenvalue weighted by atomic mass is 10.1. The van der Waals surface area contributed by atoms with Gasteiger partial charge < -0.3 is 10.1 Å². The van der Waals surface area contributed by atoms with E-state index in [0.717, 1.165) is 12.8 Å². The Morgan fingerprint density at radius 1 is 1.56 bits per heavy atom. The highest BCUT2D eigenvalue weighted by Crippen LogP contribution is 2.17. The number of thiazole rings is 1. The Kier molecular flexibility index (Phi) is 5.77. The Labute approximate surface area is 111 Å². The molecule has 0 aliphatic rings. The standard InChI is InChI=1S/C12H18N2O3S/c1-4-5-8(2)11(16)14-12-13-9(7-18-12)6-10(15)17-3/h7-8H,4-6H2,1-3H3,(H,13,14,16). The van der Waals surface area contributed by atoms with Crippen LogP contribution in [0.25, 0.3) is 0 Å². The minimum atomic E-state index is -0.336. The van der Waals surface area contributed by atoms with Crippen LogP contribution in [0.5, 0.6) is 0 Å². The minimum Gasteiger partial charge on any atom is -0.469 e. The molecule has 0 aromatic carbocycles. The zero-order valence-corrected chi connectivity index (χ0v) is 11.7. The van der Waals surface area contributed by atoms with Crippen LogP contribution in [0.4, 0.5) is 5.13 Å². The average Bonchev–Trinajstić information content (AvgIpc) is 2.76. The Hall–Kier alpha value is -1.43. The normalized spacial score (nSPS) is 11.9. The average molecular weight is 270 g/mol. The van der Waals surface area contributed by atoms with E-state index in [1.165, 1.54) is 18.4 Å². The third-order valence-corrected chi connectivity index (χ3v) is 3.31. The molecule has 0 spiro atoms. The molecule has 5 nitrogen and oxygen atoms in total. The van der Waals surface area contributed by atoms with Crippen LogP contribution < -0.4 is 5.32 Å². The van der Waals surface area contributed by atoms with Crippen LogP contribution in [0.3, 0.4) is 0 Å². The summed E-state index contributed by atoms with van der Waals surface area (Å²) < 4.78 is 4.55. The summed E-state index contributed by atoms with van der Waals surface area (Å²) in [6, 6.07) is 0. The fraction of sp³-hybridized carbons (Fsp3) is 0.583. The van der Waals surface area contributed by atoms with Gasteiger partial charge in [0.2, 0.25) is 5.91 Å². The molecule has 1 aromatic rings. The molecule has 0 fully saturated rings. The predicted molar refractivity (Wildman–Crippen MR) is 70.5 cm³/mol. The Morgan fingerprint density at radius 2 is 2.28 bits per heavy atom. The van der Waals surface area contributed by atoms with Gasteiger partial charge in [0.05, 0.1) is 19.2 Å². The number of carbonyl (C=O) groups excluding carboxylic acids is 2. The van der Waals surface area contributed by atoms with Gasteiger partial charge >= 0.3 is 5.97 Å². The van der Waals surface area contributed by atoms with Gasteiger partial charge in [-0.1, -0.05) is 20.3 Å². The number of hydrogen-bond donors (Lipinski definition) is 1. The summed E-state index contributed by atoms with van der Waals surface area (Å²) in [4.78, 5) is 27.0. The van der Waals surface area contributed by atoms with Crippen molar-refractivity contribution in [2.75, 3.05) is 12.4 Å². The first-order valence-electron chi connectivity index (χ1n) is 5.88. The van der Waals surface area contributed by atoms with Crippen molar-refractivity contribution in [2.24, 2.45) is 5.92 Å². The number of esters is 1. The molecule has 100 valence electrons. The van der Waals surface area contributed by atoms with Crippen molar-refractivity contribution in [1.82, 2.24) is 4.98 Å². The summed E-state index contributed by atoms with van der Waals surface area (Å²) >= 11 is 1.32. The molecule has 0 saturated carbocycles. The third-order valence-electron chi connectivity index (χ3n) is 2.50. The maximum Gasteiger partial charge on any atom is 0.311 e. The van der Waals surface area contributed by atoms with Crippen molar-refractivity contribution in [2.45, 2.75) is 33.1 Å². The molecular formula is C12H18N2O3S. The molecule has 1 atom stereocenters. The number of nitrogens with zero attached hydrogens (tertiary/aromatic N) is 1. The summed E-state index contributed by atoms with van der Waals surface area (Å²) in [6.07, 6.45) is 1.96. The Balaban J connectivity index is 2.53. The molecule has 1 N–H and O–H groups in total. The lowest BCUT2D eigenvalue weighted by Crippen LogP contribution is -2.20. The van der Waals surface area contributed by atoms with Crippen molar-refractivity contribution >= 4 is 28.3 Å². The van der Waals surface area contributed by atoms with Crippen LogP contribution in [-0.2, 0) is 20.7 Å². The number of hydrogen-bond acceptors (Lipinski definition) is 5. The van der Waals surface area contributed by atoms with E-state index < -0.39 is 0 Å². The fourth-order valence-electron chi connectivity index (χ4n) is 1.46. The highest BCUT2D eigenvalue weighted by atomic mass is 32.1. The zero-order valence-electron chi connectivity index (χ0n) is 10.9. The molecule has 1 aromatic heterocycles. The number of aromatic nitrogens is 1. The highest BCUT2D eigenvalue weighted by Gasteiger charge is 2.14. The van der Waals surface area contributed by atoms with Crippen molar-refractivity contribution in [3.63, 3.8) is 0 Å². The lowest BCUT2D eigenvalue weighted by molar-refractivity contribution is -0.139. The second kappa shape index (κ2) is 7.10. The number of carbonyl (C=O) groups is 2. The molecule has 0 radical (unpaired) electrons. The van der Waals surface area contributed by atoms with Crippen molar-refractivity contribution < 1.29 is 14.3 Å². The van der Waals surface area contributed by atoms with Crippen LogP contribution in [0.15, 0.2) is 5.38 Å². The van der Waals surface area contributed by atoms with Gasteiger partial charge in [0.15, 0.2) is 5.13 Å². The fourth-order valence-corrected chi connectivity index (χ4v) is 2.17. The molecular weight excluding hydrogens is 252 g/mol. The molecule has 1 unspecified atom stereocenters. The van der Waals surface area contributed by atoms with Gasteiger partial charge in [-0.05, 0) is 6.42 Å². The van der Waals surface area contributed by atoms with Crippen LogP contribution in [-0.4, -0.2) is 24.0 Å². The Bertz CT molecular complexity index is 417. The second-order valence-electron chi connectivity index (χ2n) is 4.08. The lowest BCUT2D eigenvalue weighted by Gasteiger charge is -2.08. The number of amides is 1. The SMILES string of the molecule is CCCC(C)C(=O)Nc1nc(CC(=O)OC)cs1. The minimum absolute atomic E-state index is 0.0250. The summed E-state index contributed by atoms with van der Waals surface area (Å²) in [5.74, 6) is -0.392. The second-order valence-corrected chi connectivity index (χ2v) is 4.93. The molecule has 0 aliphatic carbocycles. The summed E-state index contributed by atoms with van der Waals surface area (Å²) in [6.45, 7) is 3.93. The molecule has 1 amide bonds. The van der Waals surface area contributed by atoms with Gasteiger partial charge in [0.1, 0.15) is 0 Å². The molecule has 0 bridgehead atoms. The first kappa shape index (κ1) is 14.6. The number of ether oxygens (including phenoxy) is 1. The zero-order chi connectivity index (χ0) is 13.5. The van der Waals surface area contributed by atoms with Gasteiger partial charge in [0.25, 0.3) is 0 Å². The van der Waals surface area contributed by atoms with E-state index in [9.17, 15) is 9.59 Å². The van der Waals surface area contributed by atoms with Crippen molar-refractivity contribution in [3.8, 4) is 0 Å². The third kappa shape index (κ3) is 4.44. The first-order valence-corrected chi connectivity index (χ1v) is 6.76. The van der Waals surface area contributed by atoms with Gasteiger partial charge in [-0.3, -0.25) is 9.59 Å². The monoisotopic (exact) mass is 270 g/mol. The van der Waals surface area contributed by atoms with Crippen molar-refractivity contribution in [1.29, 1.82) is 0 Å². The van der Waals surface area contributed by atoms with E-state index in [-0.39, 0.29) is 24.2 Å². The molecule has 1 heterocycles. The van der Waals surface area contributed by atoms with E-state index >= 15 is 0 Å². The maximum absolute atomic E-state index is 11.8. The van der Waals surface area contributed by atoms with E-state index in [0.29, 0.717) is 10.8 Å². The highest BCUT2D eigenvalue weighted by molar-refractivity contribution is 7.13. The van der Waals surface area contributed by atoms with Crippen LogP contribution in [0.1, 0.15) is 32.4 Å². The first-order chi connectivity index (χ1) is 8.56. The maximum atomic E-state index is 11.8. The summed E-state index contributed by atoms with van der Waals surface area (Å²) in [7, 11) is 1.34. The summed E-state index contributed by atoms with van der Waals surface area (Å²) in [5, 5.41) is 5.03. The largest absolute Gasteiger partial charge is 0.469 e. The topological polar surface area (TPSA) is 68.3 Å². The van der Waals surface area contributed by atoms with Crippen LogP contribution in [0.2, 0.25) is 0 Å². The quantitative estimate of drug-likeness (QED) is 0.805. The van der Waals surface area contributed by atoms with E-state index in [2.05, 4.69) is 15.0 Å². The number of anilines is 1. The predicted octanol–water partition coefficient (Wildman–Crippen LogP) is 2.23. The molecule has 18 heavy (non-hydrogen) atoms. The van der Waals surface area contributed by atoms with Gasteiger partial charge in [-0.15, -0.1) is 11.3 Å². The number of nitrogens with one attached hydrogen (secondary N) is 1. The number of rotatable bonds is 6. The molecule has 6 heteroatoms. The number of methoxy groups -OCH3 is 1. The van der Waals surface area contributed by atoms with E-state index in [4.69, 9.17) is 0 Å². The van der Waals surface area contributed by atoms with Crippen molar-refractivity contribution in [3.05, 3.63) is 11.1 Å². The van der Waals surface area contributed by atoms with E-state index in [1.54, 1.807) is 5.38 Å². The van der Waals surface area contributed by atoms with Gasteiger partial charge in [0, 0.05) is 11.3 Å². The molecule has 1 rings (SSSR count).